The predicted molar refractivity (Wildman–Crippen MR) is 149 cm³/mol. The van der Waals surface area contributed by atoms with Crippen LogP contribution in [0.4, 0.5) is 0 Å². The van der Waals surface area contributed by atoms with Crippen molar-refractivity contribution in [3.63, 3.8) is 0 Å². The molecule has 0 amide bonds. The van der Waals surface area contributed by atoms with Crippen LogP contribution in [0, 0.1) is 0 Å². The van der Waals surface area contributed by atoms with E-state index in [1.54, 1.807) is 11.3 Å². The number of hydrogen-bond donors (Lipinski definition) is 0. The number of hydrogen-bond acceptors (Lipinski definition) is 2. The Morgan fingerprint density at radius 2 is 1.60 bits per heavy atom. The van der Waals surface area contributed by atoms with E-state index in [1.807, 2.05) is 5.51 Å². The molecule has 7 aromatic rings. The fourth-order valence-corrected chi connectivity index (χ4v) is 7.08. The smallest absolute Gasteiger partial charge is 0.0813 e. The summed E-state index contributed by atoms with van der Waals surface area (Å²) in [5, 5.41) is 5.25. The highest BCUT2D eigenvalue weighted by atomic mass is 32.1. The zero-order chi connectivity index (χ0) is 23.3. The Morgan fingerprint density at radius 3 is 2.51 bits per heavy atom. The molecule has 8 rings (SSSR count). The van der Waals surface area contributed by atoms with Gasteiger partial charge in [-0.15, -0.1) is 11.3 Å². The van der Waals surface area contributed by atoms with Crippen molar-refractivity contribution in [2.45, 2.75) is 19.3 Å². The Labute approximate surface area is 207 Å². The molecule has 35 heavy (non-hydrogen) atoms. The first-order chi connectivity index (χ1) is 17.1. The molecule has 0 atom stereocenters. The minimum absolute atomic E-state index is 0.116. The Bertz CT molecular complexity index is 1990. The van der Waals surface area contributed by atoms with Gasteiger partial charge in [0, 0.05) is 21.9 Å². The lowest BCUT2D eigenvalue weighted by molar-refractivity contribution is 0.664. The van der Waals surface area contributed by atoms with E-state index in [-0.39, 0.29) is 5.41 Å². The van der Waals surface area contributed by atoms with Gasteiger partial charge in [-0.3, -0.25) is 0 Å². The van der Waals surface area contributed by atoms with Gasteiger partial charge in [0.1, 0.15) is 0 Å². The first-order valence-electron chi connectivity index (χ1n) is 12.1. The van der Waals surface area contributed by atoms with Crippen LogP contribution in [0.1, 0.15) is 25.0 Å². The molecule has 2 heterocycles. The molecule has 0 bridgehead atoms. The van der Waals surface area contributed by atoms with Gasteiger partial charge in [0.25, 0.3) is 0 Å². The quantitative estimate of drug-likeness (QED) is 0.236. The molecule has 0 fully saturated rings. The second kappa shape index (κ2) is 6.59. The third-order valence-electron chi connectivity index (χ3n) is 7.91. The minimum Gasteiger partial charge on any atom is -0.309 e. The molecule has 0 unspecified atom stereocenters. The number of rotatable bonds is 1. The Balaban J connectivity index is 1.58. The van der Waals surface area contributed by atoms with E-state index >= 15 is 0 Å². The number of aromatic nitrogens is 2. The van der Waals surface area contributed by atoms with Crippen molar-refractivity contribution in [3.05, 3.63) is 108 Å². The maximum Gasteiger partial charge on any atom is 0.0813 e. The van der Waals surface area contributed by atoms with Crippen LogP contribution in [-0.2, 0) is 5.41 Å². The number of nitrogens with zero attached hydrogens (tertiary/aromatic N) is 2. The summed E-state index contributed by atoms with van der Waals surface area (Å²) in [6.45, 7) is 4.78. The van der Waals surface area contributed by atoms with E-state index in [1.165, 1.54) is 65.2 Å². The van der Waals surface area contributed by atoms with E-state index in [0.717, 1.165) is 5.52 Å². The summed E-state index contributed by atoms with van der Waals surface area (Å²) in [4.78, 5) is 4.51. The molecule has 1 aliphatic rings. The summed E-state index contributed by atoms with van der Waals surface area (Å²) < 4.78 is 3.70. The summed E-state index contributed by atoms with van der Waals surface area (Å²) in [6, 6.07) is 33.6. The van der Waals surface area contributed by atoms with Gasteiger partial charge in [-0.05, 0) is 57.3 Å². The summed E-state index contributed by atoms with van der Waals surface area (Å²) in [7, 11) is 0. The maximum absolute atomic E-state index is 4.51. The molecular weight excluding hydrogens is 444 g/mol. The lowest BCUT2D eigenvalue weighted by Crippen LogP contribution is -2.16. The molecule has 0 radical (unpaired) electrons. The van der Waals surface area contributed by atoms with Gasteiger partial charge in [-0.2, -0.15) is 0 Å². The fraction of sp³-hybridized carbons (Fsp3) is 0.0938. The van der Waals surface area contributed by atoms with Gasteiger partial charge >= 0.3 is 0 Å². The molecule has 0 spiro atoms. The second-order valence-electron chi connectivity index (χ2n) is 10.1. The van der Waals surface area contributed by atoms with Crippen molar-refractivity contribution >= 4 is 54.1 Å². The van der Waals surface area contributed by atoms with E-state index in [0.29, 0.717) is 0 Å². The Kier molecular flexibility index (Phi) is 3.64. The highest BCUT2D eigenvalue weighted by molar-refractivity contribution is 7.16. The first kappa shape index (κ1) is 19.4. The van der Waals surface area contributed by atoms with Crippen molar-refractivity contribution in [1.82, 2.24) is 9.55 Å². The number of fused-ring (bicyclic) bond motifs is 10. The van der Waals surface area contributed by atoms with E-state index in [9.17, 15) is 0 Å². The number of para-hydroxylation sites is 1. The zero-order valence-electron chi connectivity index (χ0n) is 19.5. The van der Waals surface area contributed by atoms with Crippen LogP contribution < -0.4 is 0 Å². The van der Waals surface area contributed by atoms with Gasteiger partial charge in [-0.25, -0.2) is 4.98 Å². The highest BCUT2D eigenvalue weighted by Crippen LogP contribution is 2.54. The molecule has 0 N–H and O–H groups in total. The summed E-state index contributed by atoms with van der Waals surface area (Å²) in [5.41, 5.74) is 12.2. The molecule has 0 aliphatic heterocycles. The van der Waals surface area contributed by atoms with Crippen molar-refractivity contribution < 1.29 is 0 Å². The fourth-order valence-electron chi connectivity index (χ4n) is 6.37. The number of thiazole rings is 1. The molecule has 0 saturated heterocycles. The van der Waals surface area contributed by atoms with Crippen molar-refractivity contribution in [3.8, 4) is 16.8 Å². The SMILES string of the molecule is CC1(C)c2ccc3ccccc3c2-c2ccc3c4ccccc4n(-c4ccc5ncsc5c4)c3c21. The molecule has 2 nitrogen and oxygen atoms in total. The topological polar surface area (TPSA) is 17.8 Å². The van der Waals surface area contributed by atoms with Gasteiger partial charge in [-0.1, -0.05) is 80.6 Å². The van der Waals surface area contributed by atoms with Crippen molar-refractivity contribution in [1.29, 1.82) is 0 Å². The van der Waals surface area contributed by atoms with Crippen molar-refractivity contribution in [2.24, 2.45) is 0 Å². The zero-order valence-corrected chi connectivity index (χ0v) is 20.4. The van der Waals surface area contributed by atoms with E-state index < -0.39 is 0 Å². The molecular formula is C32H22N2S. The molecule has 1 aliphatic carbocycles. The highest BCUT2D eigenvalue weighted by Gasteiger charge is 2.39. The predicted octanol–water partition coefficient (Wildman–Crippen LogP) is 8.85. The van der Waals surface area contributed by atoms with E-state index in [4.69, 9.17) is 0 Å². The standard InChI is InChI=1S/C32H22N2S/c1-32(2)25-15-11-19-7-3-4-8-21(19)29(25)24-14-13-23-22-9-5-6-10-27(22)34(31(23)30(24)32)20-12-16-26-28(17-20)35-18-33-26/h3-18H,1-2H3. The summed E-state index contributed by atoms with van der Waals surface area (Å²) in [6.07, 6.45) is 0. The Hall–Kier alpha value is -3.95. The molecule has 3 heteroatoms. The van der Waals surface area contributed by atoms with Crippen LogP contribution in [-0.4, -0.2) is 9.55 Å². The lowest BCUT2D eigenvalue weighted by atomic mass is 9.81. The third kappa shape index (κ3) is 2.41. The second-order valence-corrected chi connectivity index (χ2v) is 11.0. The van der Waals surface area contributed by atoms with Crippen LogP contribution >= 0.6 is 11.3 Å². The summed E-state index contributed by atoms with van der Waals surface area (Å²) in [5.74, 6) is 0. The molecule has 166 valence electrons. The van der Waals surface area contributed by atoms with Crippen LogP contribution in [0.2, 0.25) is 0 Å². The molecule has 0 saturated carbocycles. The normalized spacial score (nSPS) is 14.2. The summed E-state index contributed by atoms with van der Waals surface area (Å²) >= 11 is 1.70. The maximum atomic E-state index is 4.51. The van der Waals surface area contributed by atoms with Crippen LogP contribution in [0.5, 0.6) is 0 Å². The first-order valence-corrected chi connectivity index (χ1v) is 12.9. The van der Waals surface area contributed by atoms with Crippen LogP contribution in [0.15, 0.2) is 96.5 Å². The third-order valence-corrected chi connectivity index (χ3v) is 8.70. The average molecular weight is 467 g/mol. The van der Waals surface area contributed by atoms with Crippen molar-refractivity contribution in [2.75, 3.05) is 0 Å². The molecule has 5 aromatic carbocycles. The van der Waals surface area contributed by atoms with Gasteiger partial charge in [0.05, 0.1) is 26.8 Å². The monoisotopic (exact) mass is 466 g/mol. The average Bonchev–Trinajstić information content (AvgIpc) is 3.55. The van der Waals surface area contributed by atoms with Gasteiger partial charge in [0.2, 0.25) is 0 Å². The van der Waals surface area contributed by atoms with Crippen LogP contribution in [0.3, 0.4) is 0 Å². The number of benzene rings is 5. The largest absolute Gasteiger partial charge is 0.309 e. The van der Waals surface area contributed by atoms with Gasteiger partial charge < -0.3 is 4.57 Å². The Morgan fingerprint density at radius 1 is 0.771 bits per heavy atom. The lowest BCUT2D eigenvalue weighted by Gasteiger charge is -2.24. The van der Waals surface area contributed by atoms with Gasteiger partial charge in [0.15, 0.2) is 0 Å². The minimum atomic E-state index is -0.116. The van der Waals surface area contributed by atoms with Crippen LogP contribution in [0.25, 0.3) is 59.6 Å². The van der Waals surface area contributed by atoms with E-state index in [2.05, 4.69) is 114 Å². The molecule has 2 aromatic heterocycles.